The number of nitrogens with zero attached hydrogens (tertiary/aromatic N) is 1. The Kier molecular flexibility index (Phi) is 9.03. The first-order valence-electron chi connectivity index (χ1n) is 13.8. The number of carbonyl (C=O) groups excluding carboxylic acids is 1. The van der Waals surface area contributed by atoms with Gasteiger partial charge in [0.15, 0.2) is 0 Å². The van der Waals surface area contributed by atoms with Crippen LogP contribution in [0.5, 0.6) is 0 Å². The van der Waals surface area contributed by atoms with Crippen LogP contribution in [0.3, 0.4) is 0 Å². The summed E-state index contributed by atoms with van der Waals surface area (Å²) in [5.74, 6) is 0. The average molecular weight is 563 g/mol. The van der Waals surface area contributed by atoms with Gasteiger partial charge in [0.2, 0.25) is 0 Å². The quantitative estimate of drug-likeness (QED) is 0.388. The molecule has 2 N–H and O–H groups in total. The SMILES string of the molecule is CC(C)(C)OC(=O)N(C[C@]1(c2cccc(Cl)c2)CC[C@H](O)CC1)C[C@]1(c2cccc(Cl)c2)CC[C@H](O)CC1. The van der Waals surface area contributed by atoms with Crippen LogP contribution in [0.1, 0.15) is 83.3 Å². The first-order valence-corrected chi connectivity index (χ1v) is 14.5. The molecule has 2 aliphatic rings. The van der Waals surface area contributed by atoms with Gasteiger partial charge in [-0.15, -0.1) is 0 Å². The Morgan fingerprint density at radius 1 is 0.842 bits per heavy atom. The minimum atomic E-state index is -0.646. The van der Waals surface area contributed by atoms with Gasteiger partial charge in [-0.1, -0.05) is 47.5 Å². The summed E-state index contributed by atoms with van der Waals surface area (Å²) >= 11 is 12.9. The third kappa shape index (κ3) is 7.04. The third-order valence-corrected chi connectivity index (χ3v) is 8.81. The minimum Gasteiger partial charge on any atom is -0.444 e. The highest BCUT2D eigenvalue weighted by Crippen LogP contribution is 2.45. The van der Waals surface area contributed by atoms with Gasteiger partial charge in [0, 0.05) is 34.0 Å². The number of aliphatic hydroxyl groups is 2. The van der Waals surface area contributed by atoms with Crippen LogP contribution in [0.4, 0.5) is 4.79 Å². The molecule has 5 nitrogen and oxygen atoms in total. The fraction of sp³-hybridized carbons (Fsp3) is 0.581. The van der Waals surface area contributed by atoms with Gasteiger partial charge in [-0.3, -0.25) is 0 Å². The van der Waals surface area contributed by atoms with Gasteiger partial charge in [-0.25, -0.2) is 4.79 Å². The molecule has 2 aromatic carbocycles. The summed E-state index contributed by atoms with van der Waals surface area (Å²) in [4.78, 5) is 15.7. The Bertz CT molecular complexity index is 1030. The summed E-state index contributed by atoms with van der Waals surface area (Å²) in [6.45, 7) is 6.57. The van der Waals surface area contributed by atoms with Crippen molar-refractivity contribution in [2.24, 2.45) is 0 Å². The van der Waals surface area contributed by atoms with E-state index in [1.54, 1.807) is 0 Å². The van der Waals surface area contributed by atoms with Crippen LogP contribution in [0, 0.1) is 0 Å². The van der Waals surface area contributed by atoms with Gasteiger partial charge >= 0.3 is 6.09 Å². The zero-order chi connectivity index (χ0) is 27.6. The van der Waals surface area contributed by atoms with E-state index in [-0.39, 0.29) is 29.1 Å². The highest BCUT2D eigenvalue weighted by Gasteiger charge is 2.44. The summed E-state index contributed by atoms with van der Waals surface area (Å²) in [5.41, 5.74) is 0.811. The molecule has 0 unspecified atom stereocenters. The Morgan fingerprint density at radius 3 is 1.58 bits per heavy atom. The van der Waals surface area contributed by atoms with E-state index in [2.05, 4.69) is 12.1 Å². The van der Waals surface area contributed by atoms with Crippen LogP contribution in [0.15, 0.2) is 48.5 Å². The second-order valence-electron chi connectivity index (χ2n) is 12.4. The molecule has 2 saturated carbocycles. The highest BCUT2D eigenvalue weighted by molar-refractivity contribution is 6.30. The van der Waals surface area contributed by atoms with Gasteiger partial charge in [0.05, 0.1) is 12.2 Å². The minimum absolute atomic E-state index is 0.338. The number of rotatable bonds is 6. The van der Waals surface area contributed by atoms with E-state index in [4.69, 9.17) is 27.9 Å². The maximum Gasteiger partial charge on any atom is 0.410 e. The number of aliphatic hydroxyl groups excluding tert-OH is 2. The zero-order valence-electron chi connectivity index (χ0n) is 22.8. The zero-order valence-corrected chi connectivity index (χ0v) is 24.3. The Hall–Kier alpha value is -1.79. The molecule has 4 rings (SSSR count). The van der Waals surface area contributed by atoms with Crippen molar-refractivity contribution >= 4 is 29.3 Å². The molecule has 0 bridgehead atoms. The predicted molar refractivity (Wildman–Crippen MR) is 153 cm³/mol. The van der Waals surface area contributed by atoms with Crippen molar-refractivity contribution < 1.29 is 19.7 Å². The summed E-state index contributed by atoms with van der Waals surface area (Å²) in [7, 11) is 0. The first-order chi connectivity index (χ1) is 17.9. The van der Waals surface area contributed by atoms with E-state index in [0.717, 1.165) is 36.8 Å². The predicted octanol–water partition coefficient (Wildman–Crippen LogP) is 7.28. The van der Waals surface area contributed by atoms with Crippen LogP contribution < -0.4 is 0 Å². The van der Waals surface area contributed by atoms with E-state index < -0.39 is 5.60 Å². The Morgan fingerprint density at radius 2 is 1.24 bits per heavy atom. The number of hydrogen-bond donors (Lipinski definition) is 2. The highest BCUT2D eigenvalue weighted by atomic mass is 35.5. The van der Waals surface area contributed by atoms with Crippen molar-refractivity contribution in [3.05, 3.63) is 69.7 Å². The monoisotopic (exact) mass is 561 g/mol. The second kappa shape index (κ2) is 11.8. The second-order valence-corrected chi connectivity index (χ2v) is 13.3. The maximum atomic E-state index is 13.9. The van der Waals surface area contributed by atoms with Gasteiger partial charge < -0.3 is 19.8 Å². The molecular formula is C31H41Cl2NO4. The smallest absolute Gasteiger partial charge is 0.410 e. The summed E-state index contributed by atoms with van der Waals surface area (Å²) in [5, 5.41) is 22.1. The molecule has 0 heterocycles. The number of ether oxygens (including phenoxy) is 1. The van der Waals surface area contributed by atoms with Crippen molar-refractivity contribution in [3.63, 3.8) is 0 Å². The fourth-order valence-electron chi connectivity index (χ4n) is 6.27. The lowest BCUT2D eigenvalue weighted by atomic mass is 9.66. The molecule has 208 valence electrons. The maximum absolute atomic E-state index is 13.9. The molecule has 0 atom stereocenters. The van der Waals surface area contributed by atoms with E-state index in [1.165, 1.54) is 0 Å². The molecular weight excluding hydrogens is 521 g/mol. The summed E-state index contributed by atoms with van der Waals surface area (Å²) in [6.07, 6.45) is 4.63. The number of halogens is 2. The lowest BCUT2D eigenvalue weighted by Crippen LogP contribution is -2.53. The van der Waals surface area contributed by atoms with Crippen LogP contribution in [-0.2, 0) is 15.6 Å². The van der Waals surface area contributed by atoms with Gasteiger partial charge in [-0.2, -0.15) is 0 Å². The Labute approximate surface area is 237 Å². The van der Waals surface area contributed by atoms with E-state index in [9.17, 15) is 15.0 Å². The lowest BCUT2D eigenvalue weighted by Gasteiger charge is -2.47. The molecule has 2 aromatic rings. The molecule has 0 aliphatic heterocycles. The molecule has 7 heteroatoms. The van der Waals surface area contributed by atoms with E-state index >= 15 is 0 Å². The number of carbonyl (C=O) groups is 1. The molecule has 38 heavy (non-hydrogen) atoms. The molecule has 2 aliphatic carbocycles. The van der Waals surface area contributed by atoms with Crippen LogP contribution in [0.2, 0.25) is 10.0 Å². The normalized spacial score (nSPS) is 28.1. The van der Waals surface area contributed by atoms with Crippen LogP contribution in [0.25, 0.3) is 0 Å². The van der Waals surface area contributed by atoms with Crippen molar-refractivity contribution in [2.45, 2.75) is 101 Å². The molecule has 0 radical (unpaired) electrons. The summed E-state index contributed by atoms with van der Waals surface area (Å²) in [6, 6.07) is 15.8. The van der Waals surface area contributed by atoms with Gasteiger partial charge in [-0.05, 0) is 108 Å². The molecule has 1 amide bonds. The van der Waals surface area contributed by atoms with Crippen molar-refractivity contribution in [1.82, 2.24) is 4.90 Å². The van der Waals surface area contributed by atoms with E-state index in [0.29, 0.717) is 48.8 Å². The topological polar surface area (TPSA) is 70.0 Å². The average Bonchev–Trinajstić information content (AvgIpc) is 2.85. The molecule has 0 aromatic heterocycles. The van der Waals surface area contributed by atoms with Crippen LogP contribution >= 0.6 is 23.2 Å². The molecule has 0 saturated heterocycles. The lowest BCUT2D eigenvalue weighted by molar-refractivity contribution is 0.00344. The molecule has 2 fully saturated rings. The van der Waals surface area contributed by atoms with Crippen LogP contribution in [-0.4, -0.2) is 52.1 Å². The van der Waals surface area contributed by atoms with Crippen molar-refractivity contribution in [1.29, 1.82) is 0 Å². The van der Waals surface area contributed by atoms with Crippen molar-refractivity contribution in [3.8, 4) is 0 Å². The first kappa shape index (κ1) is 29.2. The number of benzene rings is 2. The standard InChI is InChI=1S/C31H41Cl2NO4/c1-29(2,3)38-28(37)34(20-30(14-10-26(35)11-15-30)22-6-4-8-24(32)18-22)21-31(16-12-27(36)13-17-31)23-7-5-9-25(33)19-23/h4-9,18-19,26-27,35-36H,10-17,20-21H2,1-3H3/t26-,27-,30-,31-. The third-order valence-electron chi connectivity index (χ3n) is 8.34. The Balaban J connectivity index is 1.75. The largest absolute Gasteiger partial charge is 0.444 e. The summed E-state index contributed by atoms with van der Waals surface area (Å²) < 4.78 is 5.97. The number of amides is 1. The van der Waals surface area contributed by atoms with E-state index in [1.807, 2.05) is 62.1 Å². The van der Waals surface area contributed by atoms with Gasteiger partial charge in [0.25, 0.3) is 0 Å². The van der Waals surface area contributed by atoms with Crippen molar-refractivity contribution in [2.75, 3.05) is 13.1 Å². The fourth-order valence-corrected chi connectivity index (χ4v) is 6.65. The van der Waals surface area contributed by atoms with Gasteiger partial charge in [0.1, 0.15) is 5.60 Å². The number of hydrogen-bond acceptors (Lipinski definition) is 4. The molecule has 0 spiro atoms.